The minimum atomic E-state index is -4.04. The zero-order valence-electron chi connectivity index (χ0n) is 16.8. The molecule has 1 heterocycles. The number of ether oxygens (including phenoxy) is 1. The Morgan fingerprint density at radius 1 is 1.31 bits per heavy atom. The molecule has 0 aliphatic carbocycles. The highest BCUT2D eigenvalue weighted by Crippen LogP contribution is 2.27. The summed E-state index contributed by atoms with van der Waals surface area (Å²) in [5, 5.41) is 10.8. The van der Waals surface area contributed by atoms with Gasteiger partial charge in [0.15, 0.2) is 0 Å². The van der Waals surface area contributed by atoms with E-state index in [9.17, 15) is 28.1 Å². The number of carbonyl (C=O) groups is 2. The molecule has 0 N–H and O–H groups in total. The molecule has 1 aromatic rings. The number of nitrogens with zero attached hydrogens (tertiary/aromatic N) is 3. The van der Waals surface area contributed by atoms with E-state index in [1.54, 1.807) is 0 Å². The van der Waals surface area contributed by atoms with Crippen LogP contribution in [0.2, 0.25) is 0 Å². The highest BCUT2D eigenvalue weighted by Gasteiger charge is 2.44. The topological polar surface area (TPSA) is 127 Å². The number of hydrogen-bond acceptors (Lipinski definition) is 7. The van der Waals surface area contributed by atoms with Crippen LogP contribution in [0.1, 0.15) is 27.2 Å². The average molecular weight is 427 g/mol. The van der Waals surface area contributed by atoms with Gasteiger partial charge in [0.2, 0.25) is 15.9 Å². The number of amides is 1. The van der Waals surface area contributed by atoms with Crippen LogP contribution in [0.25, 0.3) is 0 Å². The normalized spacial score (nSPS) is 20.2. The van der Waals surface area contributed by atoms with Crippen LogP contribution in [0.4, 0.5) is 5.69 Å². The van der Waals surface area contributed by atoms with E-state index in [1.807, 2.05) is 13.8 Å². The first-order valence-corrected chi connectivity index (χ1v) is 10.6. The highest BCUT2D eigenvalue weighted by atomic mass is 32.2. The molecule has 0 aromatic heterocycles. The number of carbonyl (C=O) groups excluding carboxylic acids is 2. The van der Waals surface area contributed by atoms with Gasteiger partial charge in [0.05, 0.1) is 16.9 Å². The summed E-state index contributed by atoms with van der Waals surface area (Å²) < 4.78 is 31.8. The van der Waals surface area contributed by atoms with Crippen molar-refractivity contribution in [3.63, 3.8) is 0 Å². The molecule has 0 radical (unpaired) electrons. The third kappa shape index (κ3) is 4.40. The summed E-state index contributed by atoms with van der Waals surface area (Å²) in [5.41, 5.74) is -0.229. The van der Waals surface area contributed by atoms with Crippen molar-refractivity contribution < 1.29 is 27.7 Å². The molecule has 3 atom stereocenters. The van der Waals surface area contributed by atoms with Crippen LogP contribution in [-0.4, -0.2) is 66.7 Å². The van der Waals surface area contributed by atoms with Gasteiger partial charge in [-0.3, -0.25) is 14.9 Å². The molecular formula is C18H25N3O7S. The van der Waals surface area contributed by atoms with Crippen LogP contribution in [-0.2, 0) is 24.3 Å². The van der Waals surface area contributed by atoms with Crippen molar-refractivity contribution in [3.05, 3.63) is 34.4 Å². The van der Waals surface area contributed by atoms with E-state index in [4.69, 9.17) is 4.74 Å². The summed E-state index contributed by atoms with van der Waals surface area (Å²) in [6, 6.07) is 2.68. The molecule has 29 heavy (non-hydrogen) atoms. The van der Waals surface area contributed by atoms with Crippen molar-refractivity contribution in [1.82, 2.24) is 9.21 Å². The number of rotatable bonds is 7. The average Bonchev–Trinajstić information content (AvgIpc) is 2.70. The van der Waals surface area contributed by atoms with Crippen molar-refractivity contribution in [2.75, 3.05) is 20.2 Å². The lowest BCUT2D eigenvalue weighted by atomic mass is 9.96. The third-order valence-electron chi connectivity index (χ3n) is 5.25. The van der Waals surface area contributed by atoms with E-state index in [-0.39, 0.29) is 29.6 Å². The van der Waals surface area contributed by atoms with Crippen molar-refractivity contribution in [1.29, 1.82) is 0 Å². The van der Waals surface area contributed by atoms with Gasteiger partial charge in [-0.1, -0.05) is 20.3 Å². The van der Waals surface area contributed by atoms with Crippen molar-refractivity contribution in [3.8, 4) is 0 Å². The molecule has 10 nitrogen and oxygen atoms in total. The molecule has 0 unspecified atom stereocenters. The summed E-state index contributed by atoms with van der Waals surface area (Å²) in [4.78, 5) is 36.6. The quantitative estimate of drug-likeness (QED) is 0.366. The van der Waals surface area contributed by atoms with Gasteiger partial charge >= 0.3 is 5.97 Å². The molecule has 2 rings (SSSR count). The number of piperazine rings is 1. The SMILES string of the molecule is CC[C@H](C)[C@@H](C(=O)OC)N1CCN(S(=O)(=O)c2ccc([N+](=O)[O-])cc2)[C@@H](C)C1=O. The summed E-state index contributed by atoms with van der Waals surface area (Å²) >= 11 is 0. The summed E-state index contributed by atoms with van der Waals surface area (Å²) in [5.74, 6) is -1.18. The molecule has 160 valence electrons. The van der Waals surface area contributed by atoms with Gasteiger partial charge in [-0.2, -0.15) is 4.31 Å². The maximum Gasteiger partial charge on any atom is 0.328 e. The third-order valence-corrected chi connectivity index (χ3v) is 7.23. The van der Waals surface area contributed by atoms with E-state index in [0.717, 1.165) is 28.6 Å². The molecule has 1 aliphatic rings. The minimum absolute atomic E-state index is 0.00381. The largest absolute Gasteiger partial charge is 0.467 e. The number of hydrogen-bond donors (Lipinski definition) is 0. The number of methoxy groups -OCH3 is 1. The lowest BCUT2D eigenvalue weighted by Gasteiger charge is -2.42. The van der Waals surface area contributed by atoms with Gasteiger partial charge in [-0.15, -0.1) is 0 Å². The Bertz CT molecular complexity index is 885. The Morgan fingerprint density at radius 3 is 2.38 bits per heavy atom. The number of nitro groups is 1. The Labute approximate surface area is 169 Å². The second-order valence-electron chi connectivity index (χ2n) is 6.93. The first-order valence-electron chi connectivity index (χ1n) is 9.20. The number of esters is 1. The zero-order chi connectivity index (χ0) is 21.9. The fourth-order valence-electron chi connectivity index (χ4n) is 3.36. The predicted octanol–water partition coefficient (Wildman–Crippen LogP) is 1.40. The fourth-order valence-corrected chi connectivity index (χ4v) is 4.94. The van der Waals surface area contributed by atoms with Gasteiger partial charge in [-0.05, 0) is 25.0 Å². The number of non-ortho nitro benzene ring substituents is 1. The first-order chi connectivity index (χ1) is 13.6. The Kier molecular flexibility index (Phi) is 6.96. The molecule has 1 saturated heterocycles. The van der Waals surface area contributed by atoms with Gasteiger partial charge in [0.1, 0.15) is 12.1 Å². The van der Waals surface area contributed by atoms with Crippen LogP contribution >= 0.6 is 0 Å². The number of sulfonamides is 1. The second kappa shape index (κ2) is 8.87. The Balaban J connectivity index is 2.30. The van der Waals surface area contributed by atoms with Gasteiger partial charge in [0.25, 0.3) is 5.69 Å². The van der Waals surface area contributed by atoms with Gasteiger partial charge < -0.3 is 9.64 Å². The molecular weight excluding hydrogens is 402 g/mol. The fraction of sp³-hybridized carbons (Fsp3) is 0.556. The van der Waals surface area contributed by atoms with E-state index in [1.165, 1.54) is 18.9 Å². The molecule has 1 fully saturated rings. The van der Waals surface area contributed by atoms with E-state index >= 15 is 0 Å². The number of nitro benzene ring substituents is 1. The van der Waals surface area contributed by atoms with Crippen LogP contribution < -0.4 is 0 Å². The lowest BCUT2D eigenvalue weighted by molar-refractivity contribution is -0.384. The maximum atomic E-state index is 13.0. The predicted molar refractivity (Wildman–Crippen MR) is 103 cm³/mol. The van der Waals surface area contributed by atoms with Gasteiger partial charge in [-0.25, -0.2) is 13.2 Å². The molecule has 11 heteroatoms. The molecule has 0 spiro atoms. The maximum absolute atomic E-state index is 13.0. The standard InChI is InChI=1S/C18H25N3O7S/c1-5-12(2)16(18(23)28-4)19-10-11-20(13(3)17(19)22)29(26,27)15-8-6-14(7-9-15)21(24)25/h6-9,12-13,16H,5,10-11H2,1-4H3/t12-,13-,16-/m0/s1. The van der Waals surface area contributed by atoms with Crippen LogP contribution in [0, 0.1) is 16.0 Å². The molecule has 0 bridgehead atoms. The van der Waals surface area contributed by atoms with Crippen LogP contribution in [0.3, 0.4) is 0 Å². The molecule has 1 aromatic carbocycles. The zero-order valence-corrected chi connectivity index (χ0v) is 17.6. The number of benzene rings is 1. The monoisotopic (exact) mass is 427 g/mol. The second-order valence-corrected chi connectivity index (χ2v) is 8.82. The summed E-state index contributed by atoms with van der Waals surface area (Å²) in [6.45, 7) is 5.22. The summed E-state index contributed by atoms with van der Waals surface area (Å²) in [7, 11) is -2.79. The van der Waals surface area contributed by atoms with E-state index in [2.05, 4.69) is 0 Å². The van der Waals surface area contributed by atoms with E-state index in [0.29, 0.717) is 6.42 Å². The Hall–Kier alpha value is -2.53. The highest BCUT2D eigenvalue weighted by molar-refractivity contribution is 7.89. The molecule has 1 aliphatic heterocycles. The molecule has 1 amide bonds. The summed E-state index contributed by atoms with van der Waals surface area (Å²) in [6.07, 6.45) is 0.642. The van der Waals surface area contributed by atoms with Gasteiger partial charge in [0, 0.05) is 25.2 Å². The van der Waals surface area contributed by atoms with Crippen molar-refractivity contribution in [2.45, 2.75) is 44.2 Å². The smallest absolute Gasteiger partial charge is 0.328 e. The first kappa shape index (κ1) is 22.8. The minimum Gasteiger partial charge on any atom is -0.467 e. The lowest BCUT2D eigenvalue weighted by Crippen LogP contribution is -2.62. The molecule has 0 saturated carbocycles. The Morgan fingerprint density at radius 2 is 1.90 bits per heavy atom. The van der Waals surface area contributed by atoms with Crippen molar-refractivity contribution in [2.24, 2.45) is 5.92 Å². The van der Waals surface area contributed by atoms with Crippen molar-refractivity contribution >= 4 is 27.6 Å². The van der Waals surface area contributed by atoms with E-state index < -0.39 is 38.9 Å². The van der Waals surface area contributed by atoms with Crippen LogP contribution in [0.5, 0.6) is 0 Å². The van der Waals surface area contributed by atoms with Crippen LogP contribution in [0.15, 0.2) is 29.2 Å².